The summed E-state index contributed by atoms with van der Waals surface area (Å²) in [6, 6.07) is 8.42. The third-order valence-electron chi connectivity index (χ3n) is 4.32. The summed E-state index contributed by atoms with van der Waals surface area (Å²) in [4.78, 5) is 45.8. The Hall–Kier alpha value is -3.33. The highest BCUT2D eigenvalue weighted by atomic mass is 32.1. The summed E-state index contributed by atoms with van der Waals surface area (Å²) >= 11 is 1.39. The van der Waals surface area contributed by atoms with Crippen molar-refractivity contribution in [3.8, 4) is 0 Å². The predicted molar refractivity (Wildman–Crippen MR) is 104 cm³/mol. The number of carbonyl (C=O) groups is 1. The van der Waals surface area contributed by atoms with E-state index in [2.05, 4.69) is 9.97 Å². The van der Waals surface area contributed by atoms with Crippen molar-refractivity contribution >= 4 is 33.2 Å². The van der Waals surface area contributed by atoms with Gasteiger partial charge in [-0.05, 0) is 30.5 Å². The van der Waals surface area contributed by atoms with E-state index in [0.29, 0.717) is 21.6 Å². The molecule has 4 rings (SSSR count). The number of pyridine rings is 1. The quantitative estimate of drug-likeness (QED) is 0.478. The molecule has 0 aliphatic carbocycles. The van der Waals surface area contributed by atoms with Crippen LogP contribution in [-0.4, -0.2) is 24.9 Å². The fourth-order valence-corrected chi connectivity index (χ4v) is 3.65. The molecule has 0 saturated heterocycles. The van der Waals surface area contributed by atoms with E-state index in [9.17, 15) is 14.4 Å². The van der Waals surface area contributed by atoms with Crippen LogP contribution in [0.15, 0.2) is 51.6 Å². The van der Waals surface area contributed by atoms with Gasteiger partial charge in [0.05, 0.1) is 23.8 Å². The summed E-state index contributed by atoms with van der Waals surface area (Å²) in [5.41, 5.74) is 1.25. The van der Waals surface area contributed by atoms with Crippen LogP contribution in [-0.2, 0) is 22.7 Å². The number of aryl methyl sites for hydroxylation is 2. The van der Waals surface area contributed by atoms with E-state index in [1.54, 1.807) is 17.5 Å². The van der Waals surface area contributed by atoms with E-state index < -0.39 is 5.97 Å². The maximum atomic E-state index is 12.3. The largest absolute Gasteiger partial charge is 0.459 e. The van der Waals surface area contributed by atoms with Crippen molar-refractivity contribution in [1.29, 1.82) is 0 Å². The number of hydrogen-bond acceptors (Lipinski definition) is 7. The van der Waals surface area contributed by atoms with Crippen LogP contribution in [0.1, 0.15) is 17.8 Å². The van der Waals surface area contributed by atoms with Gasteiger partial charge >= 0.3 is 5.97 Å². The monoisotopic (exact) mass is 396 g/mol. The maximum Gasteiger partial charge on any atom is 0.307 e. The normalized spacial score (nSPS) is 11.2. The maximum absolute atomic E-state index is 12.3. The van der Waals surface area contributed by atoms with E-state index in [1.165, 1.54) is 32.7 Å². The van der Waals surface area contributed by atoms with Crippen LogP contribution in [0, 0.1) is 6.92 Å². The molecule has 8 nitrogen and oxygen atoms in total. The SMILES string of the molecule is Cc1cccc2nc(COC(=O)CCn3cnc4sccc4c3=O)cc(=O)n12. The molecule has 0 radical (unpaired) electrons. The van der Waals surface area contributed by atoms with E-state index >= 15 is 0 Å². The van der Waals surface area contributed by atoms with Crippen LogP contribution in [0.2, 0.25) is 0 Å². The molecule has 4 aromatic rings. The van der Waals surface area contributed by atoms with Crippen molar-refractivity contribution in [2.24, 2.45) is 0 Å². The molecule has 4 heterocycles. The smallest absolute Gasteiger partial charge is 0.307 e. The van der Waals surface area contributed by atoms with Crippen LogP contribution in [0.4, 0.5) is 0 Å². The summed E-state index contributed by atoms with van der Waals surface area (Å²) < 4.78 is 8.09. The highest BCUT2D eigenvalue weighted by Gasteiger charge is 2.10. The number of aromatic nitrogens is 4. The van der Waals surface area contributed by atoms with Crippen LogP contribution in [0.5, 0.6) is 0 Å². The number of nitrogens with zero attached hydrogens (tertiary/aromatic N) is 4. The standard InChI is InChI=1S/C19H16N4O4S/c1-12-3-2-4-15-21-13(9-16(24)23(12)15)10-27-17(25)5-7-22-11-20-18-14(19(22)26)6-8-28-18/h2-4,6,8-9,11H,5,7,10H2,1H3. The number of thiophene rings is 1. The zero-order valence-corrected chi connectivity index (χ0v) is 15.8. The fourth-order valence-electron chi connectivity index (χ4n) is 2.93. The van der Waals surface area contributed by atoms with Crippen LogP contribution in [0.25, 0.3) is 15.9 Å². The number of esters is 1. The molecule has 0 N–H and O–H groups in total. The average Bonchev–Trinajstić information content (AvgIpc) is 3.15. The van der Waals surface area contributed by atoms with Gasteiger partial charge in [0.1, 0.15) is 17.1 Å². The minimum Gasteiger partial charge on any atom is -0.459 e. The second kappa shape index (κ2) is 7.35. The third-order valence-corrected chi connectivity index (χ3v) is 5.14. The van der Waals surface area contributed by atoms with Crippen LogP contribution in [0.3, 0.4) is 0 Å². The highest BCUT2D eigenvalue weighted by molar-refractivity contribution is 7.16. The summed E-state index contributed by atoms with van der Waals surface area (Å²) in [5.74, 6) is -0.483. The lowest BCUT2D eigenvalue weighted by Crippen LogP contribution is -2.22. The molecular formula is C19H16N4O4S. The first-order valence-corrected chi connectivity index (χ1v) is 9.47. The molecule has 0 atom stereocenters. The van der Waals surface area contributed by atoms with Crippen molar-refractivity contribution in [2.45, 2.75) is 26.5 Å². The molecule has 0 aliphatic rings. The molecule has 0 aliphatic heterocycles. The molecule has 0 spiro atoms. The summed E-state index contributed by atoms with van der Waals surface area (Å²) in [5, 5.41) is 2.34. The second-order valence-electron chi connectivity index (χ2n) is 6.24. The minimum absolute atomic E-state index is 0.0168. The van der Waals surface area contributed by atoms with E-state index in [-0.39, 0.29) is 30.7 Å². The number of rotatable bonds is 5. The molecule has 9 heteroatoms. The first kappa shape index (κ1) is 18.1. The molecule has 0 amide bonds. The first-order valence-electron chi connectivity index (χ1n) is 8.59. The lowest BCUT2D eigenvalue weighted by molar-refractivity contribution is -0.145. The Bertz CT molecular complexity index is 1300. The van der Waals surface area contributed by atoms with Gasteiger partial charge in [0.2, 0.25) is 0 Å². The molecular weight excluding hydrogens is 380 g/mol. The van der Waals surface area contributed by atoms with E-state index in [0.717, 1.165) is 5.69 Å². The summed E-state index contributed by atoms with van der Waals surface area (Å²) in [7, 11) is 0. The van der Waals surface area contributed by atoms with Crippen LogP contribution < -0.4 is 11.1 Å². The Morgan fingerprint density at radius 3 is 2.96 bits per heavy atom. The zero-order chi connectivity index (χ0) is 19.7. The number of fused-ring (bicyclic) bond motifs is 2. The Kier molecular flexibility index (Phi) is 4.74. The van der Waals surface area contributed by atoms with E-state index in [1.807, 2.05) is 19.1 Å². The zero-order valence-electron chi connectivity index (χ0n) is 15.0. The van der Waals surface area contributed by atoms with Gasteiger partial charge in [0.25, 0.3) is 11.1 Å². The summed E-state index contributed by atoms with van der Waals surface area (Å²) in [6.07, 6.45) is 1.45. The highest BCUT2D eigenvalue weighted by Crippen LogP contribution is 2.13. The Labute approximate surface area is 162 Å². The lowest BCUT2D eigenvalue weighted by atomic mass is 10.3. The molecule has 0 fully saturated rings. The second-order valence-corrected chi connectivity index (χ2v) is 7.13. The molecule has 0 aromatic carbocycles. The fraction of sp³-hybridized carbons (Fsp3) is 0.211. The van der Waals surface area contributed by atoms with Crippen LogP contribution >= 0.6 is 11.3 Å². The molecule has 28 heavy (non-hydrogen) atoms. The van der Waals surface area contributed by atoms with Gasteiger partial charge in [-0.25, -0.2) is 9.97 Å². The van der Waals surface area contributed by atoms with Gasteiger partial charge in [-0.2, -0.15) is 0 Å². The van der Waals surface area contributed by atoms with Crippen molar-refractivity contribution < 1.29 is 9.53 Å². The predicted octanol–water partition coefficient (Wildman–Crippen LogP) is 1.91. The van der Waals surface area contributed by atoms with Crippen molar-refractivity contribution in [3.63, 3.8) is 0 Å². The van der Waals surface area contributed by atoms with Gasteiger partial charge < -0.3 is 4.74 Å². The van der Waals surface area contributed by atoms with Gasteiger partial charge in [-0.15, -0.1) is 11.3 Å². The van der Waals surface area contributed by atoms with Gasteiger partial charge in [0, 0.05) is 18.3 Å². The summed E-state index contributed by atoms with van der Waals surface area (Å²) in [6.45, 7) is 1.89. The molecule has 142 valence electrons. The van der Waals surface area contributed by atoms with Gasteiger partial charge in [-0.3, -0.25) is 23.4 Å². The molecule has 0 unspecified atom stereocenters. The molecule has 0 bridgehead atoms. The third kappa shape index (κ3) is 3.44. The molecule has 0 saturated carbocycles. The van der Waals surface area contributed by atoms with Crippen molar-refractivity contribution in [2.75, 3.05) is 0 Å². The topological polar surface area (TPSA) is 95.6 Å². The number of hydrogen-bond donors (Lipinski definition) is 0. The lowest BCUT2D eigenvalue weighted by Gasteiger charge is -2.08. The average molecular weight is 396 g/mol. The Balaban J connectivity index is 1.42. The minimum atomic E-state index is -0.483. The van der Waals surface area contributed by atoms with Crippen molar-refractivity contribution in [3.05, 3.63) is 74.1 Å². The van der Waals surface area contributed by atoms with Gasteiger partial charge in [-0.1, -0.05) is 6.07 Å². The van der Waals surface area contributed by atoms with E-state index in [4.69, 9.17) is 4.74 Å². The van der Waals surface area contributed by atoms with Gasteiger partial charge in [0.15, 0.2) is 0 Å². The van der Waals surface area contributed by atoms with Crippen molar-refractivity contribution in [1.82, 2.24) is 18.9 Å². The Morgan fingerprint density at radius 1 is 1.25 bits per heavy atom. The molecule has 4 aromatic heterocycles. The Morgan fingerprint density at radius 2 is 2.11 bits per heavy atom. The first-order chi connectivity index (χ1) is 13.5. The number of ether oxygens (including phenoxy) is 1. The number of carbonyl (C=O) groups excluding carboxylic acids is 1.